The van der Waals surface area contributed by atoms with Crippen LogP contribution in [-0.4, -0.2) is 22.1 Å². The third-order valence-corrected chi connectivity index (χ3v) is 3.65. The van der Waals surface area contributed by atoms with Crippen LogP contribution >= 0.6 is 15.9 Å². The number of hydrogen-bond donors (Lipinski definition) is 2. The van der Waals surface area contributed by atoms with Crippen LogP contribution in [0.3, 0.4) is 0 Å². The average molecular weight is 321 g/mol. The molecular weight excluding hydrogens is 308 g/mol. The topological polar surface area (TPSA) is 81.4 Å². The maximum Gasteiger partial charge on any atom is 0.244 e. The molecule has 0 aliphatic rings. The summed E-state index contributed by atoms with van der Waals surface area (Å²) < 4.78 is 31.8. The lowest BCUT2D eigenvalue weighted by atomic mass is 10.3. The van der Waals surface area contributed by atoms with Crippen molar-refractivity contribution in [2.75, 3.05) is 19.4 Å². The summed E-state index contributed by atoms with van der Waals surface area (Å²) in [6.07, 6.45) is 0. The van der Waals surface area contributed by atoms with Gasteiger partial charge in [0.25, 0.3) is 0 Å². The van der Waals surface area contributed by atoms with Gasteiger partial charge in [-0.1, -0.05) is 22.5 Å². The molecule has 3 N–H and O–H groups in total. The number of rotatable bonds is 5. The maximum absolute atomic E-state index is 11.9. The number of halogens is 1. The highest BCUT2D eigenvalue weighted by molar-refractivity contribution is 9.11. The molecule has 1 aromatic rings. The number of nitrogen functional groups attached to an aromatic ring is 1. The monoisotopic (exact) mass is 320 g/mol. The predicted molar refractivity (Wildman–Crippen MR) is 70.7 cm³/mol. The fourth-order valence-corrected chi connectivity index (χ4v) is 2.66. The summed E-state index contributed by atoms with van der Waals surface area (Å²) in [7, 11) is -2.25. The van der Waals surface area contributed by atoms with Gasteiger partial charge in [0, 0.05) is 22.8 Å². The normalized spacial score (nSPS) is 11.2. The molecule has 0 saturated heterocycles. The number of nitrogens with one attached hydrogen (secondary N) is 1. The van der Waals surface area contributed by atoms with Crippen molar-refractivity contribution in [2.24, 2.45) is 0 Å². The molecule has 0 amide bonds. The quantitative estimate of drug-likeness (QED) is 0.805. The third-order valence-electron chi connectivity index (χ3n) is 1.93. The Morgan fingerprint density at radius 2 is 2.24 bits per heavy atom. The molecule has 0 fully saturated rings. The molecule has 1 rings (SSSR count). The second-order valence-corrected chi connectivity index (χ2v) is 6.11. The molecule has 94 valence electrons. The van der Waals surface area contributed by atoms with Crippen molar-refractivity contribution in [3.63, 3.8) is 0 Å². The fraction of sp³-hybridized carbons (Fsp3) is 0.200. The van der Waals surface area contributed by atoms with Crippen LogP contribution in [0, 0.1) is 0 Å². The fourth-order valence-electron chi connectivity index (χ4n) is 1.16. The first-order valence-corrected chi connectivity index (χ1v) is 6.91. The molecule has 0 atom stereocenters. The van der Waals surface area contributed by atoms with Crippen molar-refractivity contribution < 1.29 is 13.2 Å². The highest BCUT2D eigenvalue weighted by atomic mass is 79.9. The van der Waals surface area contributed by atoms with E-state index in [-0.39, 0.29) is 17.2 Å². The van der Waals surface area contributed by atoms with E-state index in [9.17, 15) is 8.42 Å². The van der Waals surface area contributed by atoms with Crippen LogP contribution in [0.2, 0.25) is 0 Å². The van der Waals surface area contributed by atoms with Crippen LogP contribution in [-0.2, 0) is 10.0 Å². The highest BCUT2D eigenvalue weighted by Gasteiger charge is 2.19. The van der Waals surface area contributed by atoms with Crippen LogP contribution in [0.5, 0.6) is 5.75 Å². The van der Waals surface area contributed by atoms with E-state index in [1.54, 1.807) is 0 Å². The van der Waals surface area contributed by atoms with E-state index in [0.717, 1.165) is 0 Å². The first-order valence-electron chi connectivity index (χ1n) is 4.63. The van der Waals surface area contributed by atoms with Crippen LogP contribution in [0.15, 0.2) is 34.2 Å². The Labute approximate surface area is 109 Å². The summed E-state index contributed by atoms with van der Waals surface area (Å²) in [5, 5.41) is 0. The molecule has 0 aliphatic carbocycles. The number of sulfonamides is 1. The Morgan fingerprint density at radius 1 is 1.59 bits per heavy atom. The van der Waals surface area contributed by atoms with Crippen LogP contribution < -0.4 is 15.2 Å². The van der Waals surface area contributed by atoms with Gasteiger partial charge in [-0.15, -0.1) is 0 Å². The van der Waals surface area contributed by atoms with Crippen molar-refractivity contribution in [1.29, 1.82) is 0 Å². The zero-order valence-electron chi connectivity index (χ0n) is 9.23. The Hall–Kier alpha value is -1.05. The lowest BCUT2D eigenvalue weighted by molar-refractivity contribution is 0.402. The predicted octanol–water partition coefficient (Wildman–Crippen LogP) is 1.46. The van der Waals surface area contributed by atoms with Gasteiger partial charge in [0.15, 0.2) is 0 Å². The Morgan fingerprint density at radius 3 is 2.76 bits per heavy atom. The van der Waals surface area contributed by atoms with Gasteiger partial charge in [-0.3, -0.25) is 0 Å². The average Bonchev–Trinajstić information content (AvgIpc) is 2.26. The molecule has 0 heterocycles. The molecule has 0 aliphatic heterocycles. The second kappa shape index (κ2) is 5.52. The molecule has 0 spiro atoms. The number of methoxy groups -OCH3 is 1. The van der Waals surface area contributed by atoms with Gasteiger partial charge in [-0.05, 0) is 12.1 Å². The lowest BCUT2D eigenvalue weighted by Gasteiger charge is -2.10. The Balaban J connectivity index is 3.10. The van der Waals surface area contributed by atoms with Crippen molar-refractivity contribution in [3.05, 3.63) is 29.3 Å². The number of nitrogens with two attached hydrogens (primary N) is 1. The molecule has 5 nitrogen and oxygen atoms in total. The Bertz CT molecular complexity index is 528. The van der Waals surface area contributed by atoms with Gasteiger partial charge in [0.1, 0.15) is 10.6 Å². The SMILES string of the molecule is C=C(Br)CNS(=O)(=O)c1ccc(N)cc1OC. The van der Waals surface area contributed by atoms with Gasteiger partial charge in [0.05, 0.1) is 7.11 Å². The van der Waals surface area contributed by atoms with Gasteiger partial charge >= 0.3 is 0 Å². The van der Waals surface area contributed by atoms with E-state index in [1.165, 1.54) is 25.3 Å². The lowest BCUT2D eigenvalue weighted by Crippen LogP contribution is -2.25. The van der Waals surface area contributed by atoms with E-state index in [1.807, 2.05) is 0 Å². The van der Waals surface area contributed by atoms with E-state index >= 15 is 0 Å². The molecule has 7 heteroatoms. The molecule has 0 aromatic heterocycles. The maximum atomic E-state index is 11.9. The van der Waals surface area contributed by atoms with Crippen molar-refractivity contribution in [1.82, 2.24) is 4.72 Å². The van der Waals surface area contributed by atoms with E-state index in [2.05, 4.69) is 27.2 Å². The van der Waals surface area contributed by atoms with Gasteiger partial charge in [-0.25, -0.2) is 13.1 Å². The summed E-state index contributed by atoms with van der Waals surface area (Å²) in [4.78, 5) is 0.0444. The van der Waals surface area contributed by atoms with E-state index in [0.29, 0.717) is 10.2 Å². The summed E-state index contributed by atoms with van der Waals surface area (Å²) >= 11 is 3.07. The largest absolute Gasteiger partial charge is 0.495 e. The molecule has 0 bridgehead atoms. The summed E-state index contributed by atoms with van der Waals surface area (Å²) in [5.74, 6) is 0.206. The van der Waals surface area contributed by atoms with Crippen LogP contribution in [0.1, 0.15) is 0 Å². The van der Waals surface area contributed by atoms with Crippen molar-refractivity contribution >= 4 is 31.6 Å². The number of benzene rings is 1. The minimum absolute atomic E-state index is 0.0444. The highest BCUT2D eigenvalue weighted by Crippen LogP contribution is 2.25. The molecule has 0 radical (unpaired) electrons. The minimum Gasteiger partial charge on any atom is -0.495 e. The number of hydrogen-bond acceptors (Lipinski definition) is 4. The third kappa shape index (κ3) is 3.72. The van der Waals surface area contributed by atoms with E-state index < -0.39 is 10.0 Å². The van der Waals surface area contributed by atoms with Gasteiger partial charge < -0.3 is 10.5 Å². The Kier molecular flexibility index (Phi) is 4.55. The summed E-state index contributed by atoms with van der Waals surface area (Å²) in [6.45, 7) is 3.65. The molecular formula is C10H13BrN2O3S. The first kappa shape index (κ1) is 14.0. The summed E-state index contributed by atoms with van der Waals surface area (Å²) in [6, 6.07) is 4.35. The minimum atomic E-state index is -3.64. The van der Waals surface area contributed by atoms with Crippen molar-refractivity contribution in [2.45, 2.75) is 4.90 Å². The molecule has 0 saturated carbocycles. The smallest absolute Gasteiger partial charge is 0.244 e. The molecule has 1 aromatic carbocycles. The van der Waals surface area contributed by atoms with Gasteiger partial charge in [-0.2, -0.15) is 0 Å². The summed E-state index contributed by atoms with van der Waals surface area (Å²) in [5.41, 5.74) is 5.99. The first-order chi connectivity index (χ1) is 7.86. The molecule has 17 heavy (non-hydrogen) atoms. The second-order valence-electron chi connectivity index (χ2n) is 3.25. The number of anilines is 1. The van der Waals surface area contributed by atoms with Gasteiger partial charge in [0.2, 0.25) is 10.0 Å². The van der Waals surface area contributed by atoms with Crippen LogP contribution in [0.4, 0.5) is 5.69 Å². The standard InChI is InChI=1S/C10H13BrN2O3S/c1-7(11)6-13-17(14,15)10-4-3-8(12)5-9(10)16-2/h3-5,13H,1,6,12H2,2H3. The van der Waals surface area contributed by atoms with E-state index in [4.69, 9.17) is 10.5 Å². The number of ether oxygens (including phenoxy) is 1. The zero-order valence-corrected chi connectivity index (χ0v) is 11.6. The van der Waals surface area contributed by atoms with Crippen LogP contribution in [0.25, 0.3) is 0 Å². The molecule has 0 unspecified atom stereocenters. The zero-order chi connectivity index (χ0) is 13.1. The van der Waals surface area contributed by atoms with Crippen molar-refractivity contribution in [3.8, 4) is 5.75 Å².